The molecule has 2 heterocycles. The van der Waals surface area contributed by atoms with Gasteiger partial charge in [-0.1, -0.05) is 23.7 Å². The van der Waals surface area contributed by atoms with E-state index in [0.717, 1.165) is 37.4 Å². The van der Waals surface area contributed by atoms with Gasteiger partial charge in [0.2, 0.25) is 5.95 Å². The average molecular weight is 453 g/mol. The number of ether oxygens (including phenoxy) is 2. The molecule has 8 heteroatoms. The predicted molar refractivity (Wildman–Crippen MR) is 124 cm³/mol. The number of carbonyl (C=O) groups excluding carboxylic acids is 1. The van der Waals surface area contributed by atoms with Crippen molar-refractivity contribution in [3.05, 3.63) is 77.1 Å². The van der Waals surface area contributed by atoms with E-state index in [1.54, 1.807) is 43.8 Å². The highest BCUT2D eigenvalue weighted by atomic mass is 35.5. The van der Waals surface area contributed by atoms with Crippen molar-refractivity contribution in [2.45, 2.75) is 25.5 Å². The highest BCUT2D eigenvalue weighted by Crippen LogP contribution is 2.29. The molecule has 3 aromatic rings. The van der Waals surface area contributed by atoms with Crippen molar-refractivity contribution < 1.29 is 14.3 Å². The Bertz CT molecular complexity index is 1040. The van der Waals surface area contributed by atoms with Crippen LogP contribution >= 0.6 is 11.6 Å². The fraction of sp³-hybridized carbons (Fsp3) is 0.292. The molecule has 1 aliphatic heterocycles. The van der Waals surface area contributed by atoms with Crippen molar-refractivity contribution in [2.75, 3.05) is 25.1 Å². The molecule has 0 unspecified atom stereocenters. The smallest absolute Gasteiger partial charge is 0.251 e. The number of nitrogens with zero attached hydrogens (tertiary/aromatic N) is 3. The van der Waals surface area contributed by atoms with Crippen LogP contribution in [-0.4, -0.2) is 42.1 Å². The number of halogens is 1. The van der Waals surface area contributed by atoms with Gasteiger partial charge in [-0.15, -0.1) is 0 Å². The van der Waals surface area contributed by atoms with Gasteiger partial charge in [0.05, 0.1) is 7.11 Å². The number of rotatable bonds is 7. The van der Waals surface area contributed by atoms with Crippen LogP contribution in [0.25, 0.3) is 0 Å². The van der Waals surface area contributed by atoms with E-state index >= 15 is 0 Å². The van der Waals surface area contributed by atoms with E-state index in [1.165, 1.54) is 0 Å². The number of carbonyl (C=O) groups is 1. The van der Waals surface area contributed by atoms with Crippen LogP contribution in [0.2, 0.25) is 5.02 Å². The van der Waals surface area contributed by atoms with E-state index in [1.807, 2.05) is 24.3 Å². The third-order valence-electron chi connectivity index (χ3n) is 5.40. The number of anilines is 1. The van der Waals surface area contributed by atoms with Crippen LogP contribution in [0.15, 0.2) is 60.9 Å². The van der Waals surface area contributed by atoms with Gasteiger partial charge in [-0.2, -0.15) is 0 Å². The van der Waals surface area contributed by atoms with E-state index in [2.05, 4.69) is 20.2 Å². The first-order valence-electron chi connectivity index (χ1n) is 10.5. The molecular formula is C24H25ClN4O3. The molecule has 2 aromatic carbocycles. The summed E-state index contributed by atoms with van der Waals surface area (Å²) in [5.41, 5.74) is 1.53. The van der Waals surface area contributed by atoms with Gasteiger partial charge in [0, 0.05) is 42.1 Å². The van der Waals surface area contributed by atoms with Crippen LogP contribution < -0.4 is 19.7 Å². The van der Waals surface area contributed by atoms with Crippen LogP contribution in [0.4, 0.5) is 5.95 Å². The first-order valence-corrected chi connectivity index (χ1v) is 10.9. The Morgan fingerprint density at radius 3 is 2.50 bits per heavy atom. The zero-order valence-corrected chi connectivity index (χ0v) is 18.6. The van der Waals surface area contributed by atoms with E-state index in [4.69, 9.17) is 21.1 Å². The monoisotopic (exact) mass is 452 g/mol. The maximum Gasteiger partial charge on any atom is 0.251 e. The fourth-order valence-corrected chi connectivity index (χ4v) is 3.74. The molecule has 1 fully saturated rings. The number of nitrogens with one attached hydrogen (secondary N) is 1. The molecular weight excluding hydrogens is 428 g/mol. The zero-order chi connectivity index (χ0) is 22.3. The highest BCUT2D eigenvalue weighted by molar-refractivity contribution is 6.30. The summed E-state index contributed by atoms with van der Waals surface area (Å²) < 4.78 is 11.3. The Hall–Kier alpha value is -3.32. The molecule has 7 nitrogen and oxygen atoms in total. The van der Waals surface area contributed by atoms with Crippen molar-refractivity contribution in [3.63, 3.8) is 0 Å². The number of hydrogen-bond donors (Lipinski definition) is 1. The molecule has 0 bridgehead atoms. The van der Waals surface area contributed by atoms with Gasteiger partial charge in [-0.05, 0) is 54.8 Å². The van der Waals surface area contributed by atoms with Crippen LogP contribution in [-0.2, 0) is 6.61 Å². The van der Waals surface area contributed by atoms with Crippen LogP contribution in [0.1, 0.15) is 28.8 Å². The number of hydrogen-bond acceptors (Lipinski definition) is 6. The zero-order valence-electron chi connectivity index (χ0n) is 17.8. The Balaban J connectivity index is 1.33. The lowest BCUT2D eigenvalue weighted by atomic mass is 10.0. The standard InChI is InChI=1S/C24H25ClN4O3/c1-31-22-15-18(5-8-21(22)32-16-17-3-6-19(25)7-4-17)23(30)28-20-9-13-29(14-10-20)24-26-11-2-12-27-24/h2-8,11-12,15,20H,9-10,13-14,16H2,1H3,(H,28,30). The van der Waals surface area contributed by atoms with Crippen molar-refractivity contribution in [1.29, 1.82) is 0 Å². The summed E-state index contributed by atoms with van der Waals surface area (Å²) in [5, 5.41) is 3.81. The van der Waals surface area contributed by atoms with Crippen molar-refractivity contribution >= 4 is 23.5 Å². The van der Waals surface area contributed by atoms with Gasteiger partial charge in [-0.25, -0.2) is 9.97 Å². The molecule has 1 aromatic heterocycles. The normalized spacial score (nSPS) is 14.1. The van der Waals surface area contributed by atoms with Crippen molar-refractivity contribution in [1.82, 2.24) is 15.3 Å². The molecule has 0 saturated carbocycles. The summed E-state index contributed by atoms with van der Waals surface area (Å²) in [4.78, 5) is 23.5. The predicted octanol–water partition coefficient (Wildman–Crippen LogP) is 4.12. The Kier molecular flexibility index (Phi) is 7.07. The minimum atomic E-state index is -0.123. The molecule has 4 rings (SSSR count). The Morgan fingerprint density at radius 1 is 1.09 bits per heavy atom. The summed E-state index contributed by atoms with van der Waals surface area (Å²) in [6.07, 6.45) is 5.16. The SMILES string of the molecule is COc1cc(C(=O)NC2CCN(c3ncccn3)CC2)ccc1OCc1ccc(Cl)cc1. The van der Waals surface area contributed by atoms with Crippen LogP contribution in [0, 0.1) is 0 Å². The van der Waals surface area contributed by atoms with E-state index in [-0.39, 0.29) is 11.9 Å². The van der Waals surface area contributed by atoms with Gasteiger partial charge in [0.15, 0.2) is 11.5 Å². The second-order valence-corrected chi connectivity index (χ2v) is 8.00. The topological polar surface area (TPSA) is 76.6 Å². The molecule has 0 radical (unpaired) electrons. The van der Waals surface area contributed by atoms with Crippen molar-refractivity contribution in [2.24, 2.45) is 0 Å². The Labute approximate surface area is 192 Å². The second kappa shape index (κ2) is 10.3. The number of piperidine rings is 1. The summed E-state index contributed by atoms with van der Waals surface area (Å²) in [5.74, 6) is 1.70. The molecule has 32 heavy (non-hydrogen) atoms. The van der Waals surface area contributed by atoms with Gasteiger partial charge < -0.3 is 19.7 Å². The molecule has 166 valence electrons. The molecule has 1 amide bonds. The Morgan fingerprint density at radius 2 is 1.81 bits per heavy atom. The van der Waals surface area contributed by atoms with Gasteiger partial charge >= 0.3 is 0 Å². The maximum atomic E-state index is 12.8. The third-order valence-corrected chi connectivity index (χ3v) is 5.65. The second-order valence-electron chi connectivity index (χ2n) is 7.56. The fourth-order valence-electron chi connectivity index (χ4n) is 3.62. The minimum absolute atomic E-state index is 0.106. The average Bonchev–Trinajstić information content (AvgIpc) is 2.84. The largest absolute Gasteiger partial charge is 0.493 e. The van der Waals surface area contributed by atoms with Crippen molar-refractivity contribution in [3.8, 4) is 11.5 Å². The molecule has 0 spiro atoms. The summed E-state index contributed by atoms with van der Waals surface area (Å²) in [6.45, 7) is 1.98. The number of amides is 1. The molecule has 1 N–H and O–H groups in total. The van der Waals surface area contributed by atoms with Gasteiger partial charge in [0.1, 0.15) is 6.61 Å². The van der Waals surface area contributed by atoms with Gasteiger partial charge in [0.25, 0.3) is 5.91 Å². The van der Waals surface area contributed by atoms with Crippen LogP contribution in [0.3, 0.4) is 0 Å². The number of aromatic nitrogens is 2. The first kappa shape index (κ1) is 21.9. The molecule has 0 aliphatic carbocycles. The van der Waals surface area contributed by atoms with E-state index in [0.29, 0.717) is 28.7 Å². The molecule has 1 saturated heterocycles. The lowest BCUT2D eigenvalue weighted by Crippen LogP contribution is -2.45. The lowest BCUT2D eigenvalue weighted by molar-refractivity contribution is 0.0930. The van der Waals surface area contributed by atoms with E-state index in [9.17, 15) is 4.79 Å². The minimum Gasteiger partial charge on any atom is -0.493 e. The lowest BCUT2D eigenvalue weighted by Gasteiger charge is -2.32. The van der Waals surface area contributed by atoms with E-state index < -0.39 is 0 Å². The summed E-state index contributed by atoms with van der Waals surface area (Å²) in [7, 11) is 1.56. The first-order chi connectivity index (χ1) is 15.6. The number of benzene rings is 2. The van der Waals surface area contributed by atoms with Gasteiger partial charge in [-0.3, -0.25) is 4.79 Å². The maximum absolute atomic E-state index is 12.8. The third kappa shape index (κ3) is 5.48. The molecule has 0 atom stereocenters. The summed E-state index contributed by atoms with van der Waals surface area (Å²) in [6, 6.07) is 14.6. The molecule has 1 aliphatic rings. The van der Waals surface area contributed by atoms with Crippen LogP contribution in [0.5, 0.6) is 11.5 Å². The highest BCUT2D eigenvalue weighted by Gasteiger charge is 2.23. The number of methoxy groups -OCH3 is 1. The quantitative estimate of drug-likeness (QED) is 0.581. The summed E-state index contributed by atoms with van der Waals surface area (Å²) >= 11 is 5.92.